The van der Waals surface area contributed by atoms with Crippen LogP contribution >= 0.6 is 15.9 Å². The van der Waals surface area contributed by atoms with Gasteiger partial charge in [0.05, 0.1) is 6.10 Å². The Morgan fingerprint density at radius 3 is 3.00 bits per heavy atom. The van der Waals surface area contributed by atoms with Crippen LogP contribution in [0.15, 0.2) is 41.4 Å². The highest BCUT2D eigenvalue weighted by Gasteiger charge is 2.31. The maximum atomic E-state index is 10.1. The van der Waals surface area contributed by atoms with Gasteiger partial charge < -0.3 is 9.67 Å². The molecule has 94 valence electrons. The normalized spacial score (nSPS) is 16.8. The first-order valence-electron chi connectivity index (χ1n) is 6.15. The van der Waals surface area contributed by atoms with Crippen molar-refractivity contribution >= 4 is 15.9 Å². The van der Waals surface area contributed by atoms with Crippen molar-refractivity contribution in [3.8, 4) is 0 Å². The fourth-order valence-electron chi connectivity index (χ4n) is 2.17. The van der Waals surface area contributed by atoms with E-state index in [1.54, 1.807) is 6.20 Å². The lowest BCUT2D eigenvalue weighted by molar-refractivity contribution is 0.154. The molecule has 1 atom stereocenters. The second-order valence-electron chi connectivity index (χ2n) is 4.91. The van der Waals surface area contributed by atoms with Gasteiger partial charge in [0.15, 0.2) is 0 Å². The van der Waals surface area contributed by atoms with Crippen molar-refractivity contribution in [2.75, 3.05) is 0 Å². The quantitative estimate of drug-likeness (QED) is 0.942. The molecule has 0 bridgehead atoms. The number of hydrogen-bond acceptors (Lipinski definition) is 2. The average Bonchev–Trinajstić information content (AvgIpc) is 3.09. The van der Waals surface area contributed by atoms with E-state index in [0.29, 0.717) is 5.92 Å². The maximum Gasteiger partial charge on any atom is 0.0832 e. The van der Waals surface area contributed by atoms with Crippen LogP contribution in [0, 0.1) is 5.92 Å². The second kappa shape index (κ2) is 4.86. The SMILES string of the molecule is OC(c1ccn(Cc2cncc(Br)c2)c1)C1CC1. The molecule has 0 aliphatic heterocycles. The van der Waals surface area contributed by atoms with Crippen LogP contribution in [0.3, 0.4) is 0 Å². The molecule has 3 nitrogen and oxygen atoms in total. The fraction of sp³-hybridized carbons (Fsp3) is 0.357. The third-order valence-electron chi connectivity index (χ3n) is 3.31. The number of aromatic nitrogens is 2. The summed E-state index contributed by atoms with van der Waals surface area (Å²) in [5, 5.41) is 10.1. The summed E-state index contributed by atoms with van der Waals surface area (Å²) in [7, 11) is 0. The highest BCUT2D eigenvalue weighted by Crippen LogP contribution is 2.40. The van der Waals surface area contributed by atoms with E-state index in [4.69, 9.17) is 0 Å². The van der Waals surface area contributed by atoms with E-state index >= 15 is 0 Å². The van der Waals surface area contributed by atoms with Gasteiger partial charge in [-0.1, -0.05) is 0 Å². The van der Waals surface area contributed by atoms with Gasteiger partial charge in [-0.25, -0.2) is 0 Å². The third-order valence-corrected chi connectivity index (χ3v) is 3.74. The van der Waals surface area contributed by atoms with Gasteiger partial charge in [-0.2, -0.15) is 0 Å². The van der Waals surface area contributed by atoms with Gasteiger partial charge in [0, 0.05) is 35.8 Å². The van der Waals surface area contributed by atoms with E-state index in [9.17, 15) is 5.11 Å². The zero-order chi connectivity index (χ0) is 12.5. The second-order valence-corrected chi connectivity index (χ2v) is 5.83. The number of pyridine rings is 1. The van der Waals surface area contributed by atoms with E-state index < -0.39 is 0 Å². The Hall–Kier alpha value is -1.13. The zero-order valence-electron chi connectivity index (χ0n) is 9.96. The standard InChI is InChI=1S/C14H15BrN2O/c15-13-5-10(6-16-7-13)8-17-4-3-12(9-17)14(18)11-1-2-11/h3-7,9,11,14,18H,1-2,8H2. The molecule has 0 radical (unpaired) electrons. The van der Waals surface area contributed by atoms with Crippen molar-refractivity contribution < 1.29 is 5.11 Å². The monoisotopic (exact) mass is 306 g/mol. The Kier molecular flexibility index (Phi) is 3.22. The smallest absolute Gasteiger partial charge is 0.0832 e. The average molecular weight is 307 g/mol. The minimum Gasteiger partial charge on any atom is -0.388 e. The molecular formula is C14H15BrN2O. The Bertz CT molecular complexity index is 548. The molecule has 0 amide bonds. The Morgan fingerprint density at radius 1 is 1.44 bits per heavy atom. The minimum absolute atomic E-state index is 0.285. The van der Waals surface area contributed by atoms with Gasteiger partial charge in [0.2, 0.25) is 0 Å². The first-order chi connectivity index (χ1) is 8.72. The summed E-state index contributed by atoms with van der Waals surface area (Å²) in [6.07, 6.45) is 9.71. The van der Waals surface area contributed by atoms with Crippen LogP contribution in [0.25, 0.3) is 0 Å². The molecular weight excluding hydrogens is 292 g/mol. The summed E-state index contributed by atoms with van der Waals surface area (Å²) < 4.78 is 3.08. The summed E-state index contributed by atoms with van der Waals surface area (Å²) in [6, 6.07) is 4.07. The molecule has 1 unspecified atom stereocenters. The van der Waals surface area contributed by atoms with Crippen LogP contribution in [0.2, 0.25) is 0 Å². The lowest BCUT2D eigenvalue weighted by atomic mass is 10.1. The number of aliphatic hydroxyl groups is 1. The first-order valence-corrected chi connectivity index (χ1v) is 6.95. The number of halogens is 1. The van der Waals surface area contributed by atoms with Crippen molar-refractivity contribution in [1.29, 1.82) is 0 Å². The minimum atomic E-state index is -0.285. The third kappa shape index (κ3) is 2.65. The van der Waals surface area contributed by atoms with Crippen LogP contribution < -0.4 is 0 Å². The molecule has 3 rings (SSSR count). The summed E-state index contributed by atoms with van der Waals surface area (Å²) in [6.45, 7) is 0.782. The van der Waals surface area contributed by atoms with Gasteiger partial charge in [-0.15, -0.1) is 0 Å². The summed E-state index contributed by atoms with van der Waals surface area (Å²) in [4.78, 5) is 4.15. The van der Waals surface area contributed by atoms with Crippen LogP contribution in [-0.2, 0) is 6.54 Å². The van der Waals surface area contributed by atoms with Crippen molar-refractivity contribution in [1.82, 2.24) is 9.55 Å². The van der Waals surface area contributed by atoms with Gasteiger partial charge in [0.1, 0.15) is 0 Å². The summed E-state index contributed by atoms with van der Waals surface area (Å²) in [5.74, 6) is 0.480. The van der Waals surface area contributed by atoms with E-state index in [0.717, 1.165) is 35.0 Å². The van der Waals surface area contributed by atoms with E-state index in [1.165, 1.54) is 0 Å². The van der Waals surface area contributed by atoms with Gasteiger partial charge in [-0.3, -0.25) is 4.98 Å². The number of rotatable bonds is 4. The molecule has 1 aliphatic carbocycles. The fourth-order valence-corrected chi connectivity index (χ4v) is 2.58. The summed E-state index contributed by atoms with van der Waals surface area (Å²) >= 11 is 3.42. The molecule has 0 spiro atoms. The van der Waals surface area contributed by atoms with Crippen LogP contribution in [0.1, 0.15) is 30.1 Å². The molecule has 1 aliphatic rings. The van der Waals surface area contributed by atoms with E-state index in [1.807, 2.05) is 24.7 Å². The molecule has 2 aromatic heterocycles. The molecule has 2 heterocycles. The predicted molar refractivity (Wildman–Crippen MR) is 73.2 cm³/mol. The molecule has 1 saturated carbocycles. The lowest BCUT2D eigenvalue weighted by Crippen LogP contribution is -2.00. The number of nitrogens with zero attached hydrogens (tertiary/aromatic N) is 2. The molecule has 1 N–H and O–H groups in total. The molecule has 4 heteroatoms. The van der Waals surface area contributed by atoms with Crippen molar-refractivity contribution in [2.24, 2.45) is 5.92 Å². The molecule has 1 fully saturated rings. The summed E-state index contributed by atoms with van der Waals surface area (Å²) in [5.41, 5.74) is 2.17. The number of hydrogen-bond donors (Lipinski definition) is 1. The molecule has 0 saturated heterocycles. The molecule has 2 aromatic rings. The highest BCUT2D eigenvalue weighted by molar-refractivity contribution is 9.10. The van der Waals surface area contributed by atoms with E-state index in [2.05, 4.69) is 31.5 Å². The van der Waals surface area contributed by atoms with Crippen molar-refractivity contribution in [3.63, 3.8) is 0 Å². The van der Waals surface area contributed by atoms with Gasteiger partial charge in [-0.05, 0) is 57.9 Å². The Balaban J connectivity index is 1.73. The van der Waals surface area contributed by atoms with Gasteiger partial charge >= 0.3 is 0 Å². The highest BCUT2D eigenvalue weighted by atomic mass is 79.9. The van der Waals surface area contributed by atoms with Crippen molar-refractivity contribution in [3.05, 3.63) is 52.5 Å². The topological polar surface area (TPSA) is 38.0 Å². The largest absolute Gasteiger partial charge is 0.388 e. The maximum absolute atomic E-state index is 10.1. The Labute approximate surface area is 115 Å². The van der Waals surface area contributed by atoms with Crippen LogP contribution in [0.4, 0.5) is 0 Å². The Morgan fingerprint density at radius 2 is 2.28 bits per heavy atom. The van der Waals surface area contributed by atoms with Gasteiger partial charge in [0.25, 0.3) is 0 Å². The van der Waals surface area contributed by atoms with Crippen LogP contribution in [-0.4, -0.2) is 14.7 Å². The lowest BCUT2D eigenvalue weighted by Gasteiger charge is -2.06. The van der Waals surface area contributed by atoms with Crippen LogP contribution in [0.5, 0.6) is 0 Å². The van der Waals surface area contributed by atoms with Crippen molar-refractivity contribution in [2.45, 2.75) is 25.5 Å². The van der Waals surface area contributed by atoms with E-state index in [-0.39, 0.29) is 6.10 Å². The number of aliphatic hydroxyl groups excluding tert-OH is 1. The molecule has 18 heavy (non-hydrogen) atoms. The predicted octanol–water partition coefficient (Wildman–Crippen LogP) is 3.14. The zero-order valence-corrected chi connectivity index (χ0v) is 11.5. The first kappa shape index (κ1) is 11.9. The molecule has 0 aromatic carbocycles.